The third-order valence-corrected chi connectivity index (χ3v) is 4.62. The van der Waals surface area contributed by atoms with Gasteiger partial charge in [-0.3, -0.25) is 9.80 Å². The van der Waals surface area contributed by atoms with Crippen molar-refractivity contribution in [2.45, 2.75) is 37.5 Å². The van der Waals surface area contributed by atoms with E-state index >= 15 is 0 Å². The van der Waals surface area contributed by atoms with Crippen LogP contribution in [0, 0.1) is 0 Å². The van der Waals surface area contributed by atoms with Gasteiger partial charge in [0, 0.05) is 78.5 Å². The monoisotopic (exact) mass is 1220 g/mol. The fraction of sp³-hybridized carbons (Fsp3) is 0.900. The van der Waals surface area contributed by atoms with Crippen molar-refractivity contribution >= 4 is 11.9 Å². The van der Waals surface area contributed by atoms with Crippen LogP contribution in [0.1, 0.15) is 13.8 Å². The molecule has 292 valence electrons. The molecule has 0 unspecified atom stereocenters. The zero-order valence-corrected chi connectivity index (χ0v) is 36.5. The van der Waals surface area contributed by atoms with E-state index in [1.54, 1.807) is 0 Å². The predicted molar refractivity (Wildman–Crippen MR) is 146 cm³/mol. The molecule has 0 aliphatic rings. The normalized spacial score (nSPS) is 11.5. The van der Waals surface area contributed by atoms with Gasteiger partial charge in [-0.25, -0.2) is 0 Å². The number of carboxylic acid groups (broad SMARTS) is 2. The van der Waals surface area contributed by atoms with Gasteiger partial charge in [0.1, 0.15) is 11.1 Å². The van der Waals surface area contributed by atoms with Crippen molar-refractivity contribution in [1.29, 1.82) is 0 Å². The number of halogens is 4. The number of carbonyl (C=O) groups is 2. The predicted octanol–water partition coefficient (Wildman–Crippen LogP) is -23.8. The van der Waals surface area contributed by atoms with E-state index in [0.717, 1.165) is 53.1 Å². The van der Waals surface area contributed by atoms with Crippen molar-refractivity contribution in [2.24, 2.45) is 45.9 Å². The molecule has 0 radical (unpaired) electrons. The fourth-order valence-corrected chi connectivity index (χ4v) is 1.98. The first kappa shape index (κ1) is 82.0. The van der Waals surface area contributed by atoms with Crippen LogP contribution in [0.25, 0.3) is 0 Å². The fourth-order valence-electron chi connectivity index (χ4n) is 1.98. The van der Waals surface area contributed by atoms with Crippen LogP contribution in [0.4, 0.5) is 0 Å². The number of carboxylic acids is 2. The van der Waals surface area contributed by atoms with Gasteiger partial charge in [-0.15, -0.1) is 0 Å². The number of carbonyl (C=O) groups excluding carboxylic acids is 2. The SMILES string of the molecule is C[C@@](N)(C(=O)[O-])C(O)O.C[C@@](N)(C(=O)[O-])C(O)O.NCCN(CCN)CCN.NCCN(CCN)CCN.O.O.[Co+3].[Co+3].[I-].[I-].[I-].[I-]. The summed E-state index contributed by atoms with van der Waals surface area (Å²) in [5, 5.41) is 52.9. The van der Waals surface area contributed by atoms with E-state index in [1.165, 1.54) is 0 Å². The Bertz CT molecular complexity index is 531. The molecule has 0 amide bonds. The average Bonchev–Trinajstić information content (AvgIpc) is 2.81. The Morgan fingerprint density at radius 1 is 0.543 bits per heavy atom. The van der Waals surface area contributed by atoms with Crippen LogP contribution in [0.2, 0.25) is 0 Å². The van der Waals surface area contributed by atoms with Gasteiger partial charge in [0.25, 0.3) is 0 Å². The Labute approximate surface area is 360 Å². The number of aliphatic hydroxyl groups is 4. The second-order valence-corrected chi connectivity index (χ2v) is 8.30. The Morgan fingerprint density at radius 3 is 0.717 bits per heavy atom. The number of aliphatic hydroxyl groups excluding tert-OH is 2. The molecule has 46 heavy (non-hydrogen) atoms. The Hall–Kier alpha value is 2.23. The summed E-state index contributed by atoms with van der Waals surface area (Å²) in [5.41, 5.74) is 37.7. The molecule has 0 spiro atoms. The largest absolute Gasteiger partial charge is 3.00 e. The van der Waals surface area contributed by atoms with E-state index in [9.17, 15) is 19.8 Å². The molecule has 0 saturated heterocycles. The van der Waals surface area contributed by atoms with Crippen molar-refractivity contribution in [3.8, 4) is 0 Å². The number of hydrogen-bond acceptors (Lipinski definition) is 18. The van der Waals surface area contributed by atoms with Gasteiger partial charge in [0.2, 0.25) is 0 Å². The molecule has 0 aromatic rings. The van der Waals surface area contributed by atoms with Crippen molar-refractivity contribution < 1.29 is 181 Å². The molecule has 0 heterocycles. The molecule has 0 rings (SSSR count). The number of rotatable bonds is 16. The molecule has 0 fully saturated rings. The van der Waals surface area contributed by atoms with E-state index in [-0.39, 0.29) is 140 Å². The topological polar surface area (TPSA) is 439 Å². The summed E-state index contributed by atoms with van der Waals surface area (Å²) in [7, 11) is 0. The third-order valence-electron chi connectivity index (χ3n) is 4.62. The summed E-state index contributed by atoms with van der Waals surface area (Å²) in [5.74, 6) is -3.39. The first-order chi connectivity index (χ1) is 17.5. The van der Waals surface area contributed by atoms with Gasteiger partial charge >= 0.3 is 33.6 Å². The quantitative estimate of drug-likeness (QED) is 0.0504. The molecule has 0 saturated carbocycles. The summed E-state index contributed by atoms with van der Waals surface area (Å²) in [4.78, 5) is 24.1. The zero-order chi connectivity index (χ0) is 30.9. The Kier molecular flexibility index (Phi) is 91.9. The molecule has 0 aromatic heterocycles. The minimum Gasteiger partial charge on any atom is -1.00 e. The van der Waals surface area contributed by atoms with Crippen LogP contribution in [-0.4, -0.2) is 155 Å². The van der Waals surface area contributed by atoms with E-state index < -0.39 is 35.6 Å². The molecule has 24 N–H and O–H groups in total. The average molecular weight is 1220 g/mol. The van der Waals surface area contributed by atoms with E-state index in [1.807, 2.05) is 0 Å². The number of nitrogens with zero attached hydrogens (tertiary/aromatic N) is 2. The second kappa shape index (κ2) is 51.6. The maximum Gasteiger partial charge on any atom is 3.00 e. The van der Waals surface area contributed by atoms with Crippen LogP contribution in [0.15, 0.2) is 0 Å². The molecule has 0 bridgehead atoms. The first-order valence-corrected chi connectivity index (χ1v) is 11.9. The van der Waals surface area contributed by atoms with Crippen LogP contribution < -0.4 is 152 Å². The second-order valence-electron chi connectivity index (χ2n) is 8.30. The number of aliphatic carboxylic acids is 2. The van der Waals surface area contributed by atoms with Gasteiger partial charge in [-0.2, -0.15) is 0 Å². The van der Waals surface area contributed by atoms with Crippen LogP contribution >= 0.6 is 0 Å². The minimum absolute atomic E-state index is 0. The van der Waals surface area contributed by atoms with Crippen LogP contribution in [-0.2, 0) is 43.1 Å². The van der Waals surface area contributed by atoms with Gasteiger partial charge in [-0.05, 0) is 13.8 Å². The number of nitrogens with two attached hydrogens (primary N) is 8. The molecule has 20 nitrogen and oxygen atoms in total. The van der Waals surface area contributed by atoms with Crippen molar-refractivity contribution in [3.05, 3.63) is 0 Å². The summed E-state index contributed by atoms with van der Waals surface area (Å²) in [6, 6.07) is 0. The molecular weight excluding hydrogens is 1170 g/mol. The summed E-state index contributed by atoms with van der Waals surface area (Å²) < 4.78 is 0. The molecule has 26 heteroatoms. The third kappa shape index (κ3) is 48.3. The van der Waals surface area contributed by atoms with Crippen molar-refractivity contribution in [1.82, 2.24) is 9.80 Å². The first-order valence-electron chi connectivity index (χ1n) is 11.9. The summed E-state index contributed by atoms with van der Waals surface area (Å²) >= 11 is 0. The summed E-state index contributed by atoms with van der Waals surface area (Å²) in [6.45, 7) is 11.4. The van der Waals surface area contributed by atoms with E-state index in [0.29, 0.717) is 39.3 Å². The van der Waals surface area contributed by atoms with E-state index in [2.05, 4.69) is 9.80 Å². The van der Waals surface area contributed by atoms with Gasteiger partial charge in [-0.1, -0.05) is 0 Å². The molecule has 0 aromatic carbocycles. The maximum atomic E-state index is 9.91. The standard InChI is InChI=1S/2C6H18N4.2C4H9NO4.2Co.4HI.2H2O/c2*7-1-4-10(5-2-8)6-3-9;2*1-4(5,2(6)7)3(8)9;;;;;;;;/h2*1-9H2;2*2,6-7H,5H2,1H3,(H,8,9);;;4*1H;2*1H2/q;;;;2*+3;;;;;;/p-6/t;;2*4-;;;;;;;;/m..00......../s1. The van der Waals surface area contributed by atoms with E-state index in [4.69, 9.17) is 66.3 Å². The maximum absolute atomic E-state index is 9.91. The van der Waals surface area contributed by atoms with Crippen molar-refractivity contribution in [2.75, 3.05) is 78.5 Å². The molecular formula is C20H56Co2I4N10O10. The molecule has 0 aliphatic carbocycles. The van der Waals surface area contributed by atoms with Gasteiger partial charge in [0.05, 0.1) is 11.9 Å². The smallest absolute Gasteiger partial charge is 1.00 e. The Balaban J connectivity index is -0.0000000317. The molecule has 0 aliphatic heterocycles. The van der Waals surface area contributed by atoms with Crippen LogP contribution in [0.3, 0.4) is 0 Å². The molecule has 2 atom stereocenters. The van der Waals surface area contributed by atoms with Gasteiger partial charge < -0.3 is 193 Å². The summed E-state index contributed by atoms with van der Waals surface area (Å²) in [6.07, 6.45) is -4.19. The number of hydrogen-bond donors (Lipinski definition) is 12. The van der Waals surface area contributed by atoms with Crippen molar-refractivity contribution in [3.63, 3.8) is 0 Å². The Morgan fingerprint density at radius 2 is 0.674 bits per heavy atom. The minimum atomic E-state index is -2.09. The van der Waals surface area contributed by atoms with Gasteiger partial charge in [0.15, 0.2) is 12.6 Å². The van der Waals surface area contributed by atoms with Crippen LogP contribution in [0.5, 0.6) is 0 Å². The zero-order valence-electron chi connectivity index (χ0n) is 25.8.